The molecular weight excluding hydrogens is 328 g/mol. The molecule has 0 aromatic heterocycles. The van der Waals surface area contributed by atoms with Gasteiger partial charge in [0.25, 0.3) is 0 Å². The number of hydrogen-bond acceptors (Lipinski definition) is 4. The van der Waals surface area contributed by atoms with Crippen LogP contribution in [0.3, 0.4) is 0 Å². The lowest BCUT2D eigenvalue weighted by atomic mass is 9.96. The average Bonchev–Trinajstić information content (AvgIpc) is 2.30. The zero-order valence-corrected chi connectivity index (χ0v) is 13.8. The maximum absolute atomic E-state index is 12.2. The highest BCUT2D eigenvalue weighted by Crippen LogP contribution is 2.21. The Balaban J connectivity index is 2.94. The van der Waals surface area contributed by atoms with E-state index in [4.69, 9.17) is 4.74 Å². The minimum atomic E-state index is -0.811. The summed E-state index contributed by atoms with van der Waals surface area (Å²) in [5, 5.41) is 2.82. The molecule has 1 N–H and O–H groups in total. The number of esters is 1. The number of hydrogen-bond donors (Lipinski definition) is 1. The maximum Gasteiger partial charge on any atom is 0.308 e. The van der Waals surface area contributed by atoms with Crippen molar-refractivity contribution in [1.29, 1.82) is 0 Å². The summed E-state index contributed by atoms with van der Waals surface area (Å²) >= 11 is 3.22. The minimum Gasteiger partial charge on any atom is -0.466 e. The topological polar surface area (TPSA) is 75.7 Å². The summed E-state index contributed by atoms with van der Waals surface area (Å²) in [5.41, 5.74) is -0.514. The molecule has 1 rings (SSSR count). The van der Waals surface area contributed by atoms with Crippen LogP contribution in [0.25, 0.3) is 0 Å². The summed E-state index contributed by atoms with van der Waals surface area (Å²) in [4.78, 5) is 37.0. The fraction of sp³-hybridized carbons (Fsp3) is 0.769. The Morgan fingerprint density at radius 2 is 2.15 bits per heavy atom. The molecule has 1 fully saturated rings. The number of halogens is 1. The van der Waals surface area contributed by atoms with Crippen LogP contribution in [-0.2, 0) is 19.1 Å². The van der Waals surface area contributed by atoms with Gasteiger partial charge in [0.1, 0.15) is 6.04 Å². The first-order valence-electron chi connectivity index (χ1n) is 6.60. The van der Waals surface area contributed by atoms with Gasteiger partial charge in [-0.3, -0.25) is 14.4 Å². The standard InChI is InChI=1S/C13H21BrN2O4/c1-5-20-10(17)6-9-11(18)15-13(3,4)7-16(9)12(19)8(2)14/h8-9H,5-7H2,1-4H3,(H,15,18). The smallest absolute Gasteiger partial charge is 0.308 e. The normalized spacial score (nSPS) is 22.9. The van der Waals surface area contributed by atoms with E-state index in [0.717, 1.165) is 0 Å². The third-order valence-corrected chi connectivity index (χ3v) is 3.39. The molecule has 20 heavy (non-hydrogen) atoms. The van der Waals surface area contributed by atoms with Gasteiger partial charge in [-0.15, -0.1) is 0 Å². The Kier molecular flexibility index (Phi) is 5.56. The van der Waals surface area contributed by atoms with E-state index in [1.54, 1.807) is 13.8 Å². The Labute approximate surface area is 127 Å². The van der Waals surface area contributed by atoms with Crippen LogP contribution in [-0.4, -0.2) is 52.2 Å². The van der Waals surface area contributed by atoms with Gasteiger partial charge < -0.3 is 15.0 Å². The van der Waals surface area contributed by atoms with E-state index in [0.29, 0.717) is 6.54 Å². The molecule has 7 heteroatoms. The Hall–Kier alpha value is -1.11. The molecule has 0 aliphatic carbocycles. The lowest BCUT2D eigenvalue weighted by Gasteiger charge is -2.43. The molecule has 0 aromatic carbocycles. The highest BCUT2D eigenvalue weighted by Gasteiger charge is 2.42. The van der Waals surface area contributed by atoms with Crippen molar-refractivity contribution in [3.63, 3.8) is 0 Å². The summed E-state index contributed by atoms with van der Waals surface area (Å²) in [6, 6.07) is -0.811. The number of rotatable bonds is 4. The van der Waals surface area contributed by atoms with Crippen LogP contribution in [0.2, 0.25) is 0 Å². The number of piperazine rings is 1. The Morgan fingerprint density at radius 1 is 1.55 bits per heavy atom. The Bertz CT molecular complexity index is 409. The van der Waals surface area contributed by atoms with E-state index in [2.05, 4.69) is 21.2 Å². The lowest BCUT2D eigenvalue weighted by molar-refractivity contribution is -0.153. The van der Waals surface area contributed by atoms with Crippen LogP contribution in [0.15, 0.2) is 0 Å². The third kappa shape index (κ3) is 4.19. The monoisotopic (exact) mass is 348 g/mol. The fourth-order valence-electron chi connectivity index (χ4n) is 2.17. The van der Waals surface area contributed by atoms with Crippen LogP contribution in [0.5, 0.6) is 0 Å². The maximum atomic E-state index is 12.2. The third-order valence-electron chi connectivity index (χ3n) is 2.99. The predicted octanol–water partition coefficient (Wildman–Crippen LogP) is 0.829. The molecule has 6 nitrogen and oxygen atoms in total. The van der Waals surface area contributed by atoms with Crippen LogP contribution in [0.4, 0.5) is 0 Å². The molecule has 1 heterocycles. The van der Waals surface area contributed by atoms with Crippen molar-refractivity contribution in [2.24, 2.45) is 0 Å². The molecule has 0 spiro atoms. The van der Waals surface area contributed by atoms with E-state index in [9.17, 15) is 14.4 Å². The molecule has 0 bridgehead atoms. The number of amides is 2. The quantitative estimate of drug-likeness (QED) is 0.603. The molecule has 0 aromatic rings. The summed E-state index contributed by atoms with van der Waals surface area (Å²) < 4.78 is 4.86. The van der Waals surface area contributed by atoms with Crippen LogP contribution in [0.1, 0.15) is 34.1 Å². The van der Waals surface area contributed by atoms with Crippen molar-refractivity contribution >= 4 is 33.7 Å². The van der Waals surface area contributed by atoms with Crippen molar-refractivity contribution in [1.82, 2.24) is 10.2 Å². The van der Waals surface area contributed by atoms with Crippen LogP contribution in [0, 0.1) is 0 Å². The first-order valence-corrected chi connectivity index (χ1v) is 7.51. The van der Waals surface area contributed by atoms with Gasteiger partial charge in [-0.25, -0.2) is 0 Å². The SMILES string of the molecule is CCOC(=O)CC1C(=O)NC(C)(C)CN1C(=O)C(C)Br. The van der Waals surface area contributed by atoms with E-state index in [1.807, 2.05) is 13.8 Å². The predicted molar refractivity (Wildman–Crippen MR) is 77.4 cm³/mol. The van der Waals surface area contributed by atoms with Gasteiger partial charge in [0.05, 0.1) is 23.4 Å². The van der Waals surface area contributed by atoms with Gasteiger partial charge in [0, 0.05) is 6.54 Å². The number of carbonyl (C=O) groups is 3. The van der Waals surface area contributed by atoms with Crippen molar-refractivity contribution in [2.75, 3.05) is 13.2 Å². The van der Waals surface area contributed by atoms with Crippen LogP contribution >= 0.6 is 15.9 Å². The zero-order valence-electron chi connectivity index (χ0n) is 12.2. The summed E-state index contributed by atoms with van der Waals surface area (Å²) in [6.07, 6.45) is -0.124. The fourth-order valence-corrected chi connectivity index (χ4v) is 2.44. The van der Waals surface area contributed by atoms with Crippen molar-refractivity contribution in [2.45, 2.75) is 50.5 Å². The molecule has 2 amide bonds. The number of nitrogens with zero attached hydrogens (tertiary/aromatic N) is 1. The molecule has 1 aliphatic heterocycles. The average molecular weight is 349 g/mol. The van der Waals surface area contributed by atoms with Gasteiger partial charge >= 0.3 is 5.97 Å². The summed E-state index contributed by atoms with van der Waals surface area (Å²) in [5.74, 6) is -1.01. The first kappa shape index (κ1) is 16.9. The highest BCUT2D eigenvalue weighted by atomic mass is 79.9. The van der Waals surface area contributed by atoms with Crippen molar-refractivity contribution in [3.8, 4) is 0 Å². The number of alkyl halides is 1. The molecule has 2 unspecified atom stereocenters. The lowest BCUT2D eigenvalue weighted by Crippen LogP contribution is -2.67. The second kappa shape index (κ2) is 6.56. The van der Waals surface area contributed by atoms with Crippen molar-refractivity contribution < 1.29 is 19.1 Å². The van der Waals surface area contributed by atoms with Gasteiger partial charge in [0.15, 0.2) is 0 Å². The van der Waals surface area contributed by atoms with Crippen molar-refractivity contribution in [3.05, 3.63) is 0 Å². The van der Waals surface area contributed by atoms with Crippen LogP contribution < -0.4 is 5.32 Å². The molecule has 1 saturated heterocycles. The summed E-state index contributed by atoms with van der Waals surface area (Å²) in [6.45, 7) is 7.68. The zero-order chi connectivity index (χ0) is 15.5. The molecular formula is C13H21BrN2O4. The Morgan fingerprint density at radius 3 is 2.65 bits per heavy atom. The number of nitrogens with one attached hydrogen (secondary N) is 1. The van der Waals surface area contributed by atoms with Gasteiger partial charge in [-0.2, -0.15) is 0 Å². The van der Waals surface area contributed by atoms with E-state index < -0.39 is 22.4 Å². The second-order valence-electron chi connectivity index (χ2n) is 5.48. The number of carbonyl (C=O) groups excluding carboxylic acids is 3. The number of ether oxygens (including phenoxy) is 1. The minimum absolute atomic E-state index is 0.124. The largest absolute Gasteiger partial charge is 0.466 e. The molecule has 0 saturated carbocycles. The van der Waals surface area contributed by atoms with Gasteiger partial charge in [-0.05, 0) is 27.7 Å². The van der Waals surface area contributed by atoms with Gasteiger partial charge in [0.2, 0.25) is 11.8 Å². The van der Waals surface area contributed by atoms with E-state index in [1.165, 1.54) is 4.90 Å². The summed E-state index contributed by atoms with van der Waals surface area (Å²) in [7, 11) is 0. The molecule has 114 valence electrons. The molecule has 0 radical (unpaired) electrons. The highest BCUT2D eigenvalue weighted by molar-refractivity contribution is 9.10. The van der Waals surface area contributed by atoms with E-state index >= 15 is 0 Å². The second-order valence-corrected chi connectivity index (χ2v) is 6.85. The first-order chi connectivity index (χ1) is 9.18. The van der Waals surface area contributed by atoms with Gasteiger partial charge in [-0.1, -0.05) is 15.9 Å². The molecule has 1 aliphatic rings. The molecule has 2 atom stereocenters. The van der Waals surface area contributed by atoms with E-state index in [-0.39, 0.29) is 24.8 Å².